The molecule has 4 rings (SSSR count). The number of hydrogen-bond donors (Lipinski definition) is 0. The summed E-state index contributed by atoms with van der Waals surface area (Å²) in [4.78, 5) is 0. The van der Waals surface area contributed by atoms with E-state index in [0.29, 0.717) is 0 Å². The van der Waals surface area contributed by atoms with E-state index in [1.807, 2.05) is 12.1 Å². The van der Waals surface area contributed by atoms with Crippen molar-refractivity contribution in [2.24, 2.45) is 0 Å². The second kappa shape index (κ2) is 10.2. The molecule has 0 aliphatic rings. The van der Waals surface area contributed by atoms with Crippen molar-refractivity contribution < 1.29 is 8.85 Å². The number of benzene rings is 4. The zero-order valence-electron chi connectivity index (χ0n) is 25.7. The molecule has 0 aromatic heterocycles. The van der Waals surface area contributed by atoms with Gasteiger partial charge < -0.3 is 8.85 Å². The van der Waals surface area contributed by atoms with Crippen molar-refractivity contribution in [3.8, 4) is 47.3 Å². The van der Waals surface area contributed by atoms with Gasteiger partial charge in [-0.05, 0) is 69.9 Å². The molecule has 0 aliphatic carbocycles. The molecule has 4 aromatic rings. The molecule has 0 atom stereocenters. The molecule has 0 N–H and O–H groups in total. The second-order valence-corrected chi connectivity index (χ2v) is 23.2. The van der Waals surface area contributed by atoms with E-state index in [-0.39, 0.29) is 10.1 Å². The van der Waals surface area contributed by atoms with Gasteiger partial charge in [0.25, 0.3) is 16.6 Å². The van der Waals surface area contributed by atoms with E-state index in [2.05, 4.69) is 128 Å². The SMILES string of the molecule is C#Cc1cc2ccccc2c(-c2c(O[Si](C)(C)C(C)(C)C)c(C#C)cc3ccccc23)c1O[Si](C)(C)C(C)(C)C. The van der Waals surface area contributed by atoms with Gasteiger partial charge in [0.05, 0.1) is 11.1 Å². The third-order valence-corrected chi connectivity index (χ3v) is 17.5. The summed E-state index contributed by atoms with van der Waals surface area (Å²) in [6.45, 7) is 22.5. The Morgan fingerprint density at radius 2 is 0.900 bits per heavy atom. The predicted octanol–water partition coefficient (Wildman–Crippen LogP) is 10.4. The highest BCUT2D eigenvalue weighted by Crippen LogP contribution is 2.51. The summed E-state index contributed by atoms with van der Waals surface area (Å²) in [5.41, 5.74) is 3.40. The first-order valence-corrected chi connectivity index (χ1v) is 19.8. The molecule has 4 aromatic carbocycles. The first-order chi connectivity index (χ1) is 18.5. The van der Waals surface area contributed by atoms with Crippen LogP contribution in [0, 0.1) is 24.7 Å². The zero-order valence-corrected chi connectivity index (χ0v) is 27.7. The van der Waals surface area contributed by atoms with Crippen molar-refractivity contribution >= 4 is 38.2 Å². The van der Waals surface area contributed by atoms with Crippen LogP contribution in [0.1, 0.15) is 52.7 Å². The van der Waals surface area contributed by atoms with Crippen LogP contribution in [0.25, 0.3) is 32.7 Å². The van der Waals surface area contributed by atoms with Gasteiger partial charge in [-0.15, -0.1) is 12.8 Å². The van der Waals surface area contributed by atoms with Crippen molar-refractivity contribution in [2.45, 2.75) is 77.8 Å². The maximum Gasteiger partial charge on any atom is 0.250 e. The summed E-state index contributed by atoms with van der Waals surface area (Å²) < 4.78 is 14.3. The molecule has 0 spiro atoms. The van der Waals surface area contributed by atoms with Gasteiger partial charge in [0.2, 0.25) is 0 Å². The molecule has 2 nitrogen and oxygen atoms in total. The molecule has 0 fully saturated rings. The zero-order chi connectivity index (χ0) is 29.7. The molecule has 0 amide bonds. The monoisotopic (exact) mass is 562 g/mol. The fourth-order valence-electron chi connectivity index (χ4n) is 4.40. The topological polar surface area (TPSA) is 18.5 Å². The predicted molar refractivity (Wildman–Crippen MR) is 178 cm³/mol. The lowest BCUT2D eigenvalue weighted by molar-refractivity contribution is 0.488. The van der Waals surface area contributed by atoms with Crippen molar-refractivity contribution in [3.63, 3.8) is 0 Å². The molecule has 4 heteroatoms. The quantitative estimate of drug-likeness (QED) is 0.178. The van der Waals surface area contributed by atoms with Crippen LogP contribution in [0.15, 0.2) is 60.7 Å². The number of rotatable bonds is 5. The van der Waals surface area contributed by atoms with Crippen molar-refractivity contribution in [3.05, 3.63) is 71.8 Å². The third kappa shape index (κ3) is 5.19. The van der Waals surface area contributed by atoms with Crippen LogP contribution >= 0.6 is 0 Å². The van der Waals surface area contributed by atoms with Gasteiger partial charge in [0.15, 0.2) is 0 Å². The van der Waals surface area contributed by atoms with E-state index in [1.165, 1.54) is 0 Å². The van der Waals surface area contributed by atoms with Gasteiger partial charge >= 0.3 is 0 Å². The van der Waals surface area contributed by atoms with Gasteiger partial charge in [-0.25, -0.2) is 0 Å². The van der Waals surface area contributed by atoms with E-state index in [4.69, 9.17) is 21.7 Å². The molecule has 0 saturated heterocycles. The van der Waals surface area contributed by atoms with Crippen LogP contribution in [0.2, 0.25) is 36.3 Å². The lowest BCUT2D eigenvalue weighted by atomic mass is 9.89. The Morgan fingerprint density at radius 1 is 0.575 bits per heavy atom. The van der Waals surface area contributed by atoms with Gasteiger partial charge in [0.1, 0.15) is 11.5 Å². The summed E-state index contributed by atoms with van der Waals surface area (Å²) in [5, 5.41) is 4.20. The highest BCUT2D eigenvalue weighted by Gasteiger charge is 2.42. The van der Waals surface area contributed by atoms with Gasteiger partial charge in [-0.3, -0.25) is 0 Å². The molecule has 40 heavy (non-hydrogen) atoms. The van der Waals surface area contributed by atoms with Crippen molar-refractivity contribution in [1.82, 2.24) is 0 Å². The average molecular weight is 563 g/mol. The smallest absolute Gasteiger partial charge is 0.250 e. The maximum absolute atomic E-state index is 7.16. The molecular weight excluding hydrogens is 521 g/mol. The first-order valence-electron chi connectivity index (χ1n) is 14.0. The van der Waals surface area contributed by atoms with Gasteiger partial charge in [-0.2, -0.15) is 0 Å². The Balaban J connectivity index is 2.26. The molecule has 0 bridgehead atoms. The van der Waals surface area contributed by atoms with Crippen LogP contribution in [0.3, 0.4) is 0 Å². The largest absolute Gasteiger partial charge is 0.542 e. The summed E-state index contributed by atoms with van der Waals surface area (Å²) in [6, 6.07) is 20.9. The van der Waals surface area contributed by atoms with Crippen LogP contribution in [-0.4, -0.2) is 16.6 Å². The third-order valence-electron chi connectivity index (χ3n) is 8.89. The van der Waals surface area contributed by atoms with Crippen LogP contribution in [0.5, 0.6) is 11.5 Å². The highest BCUT2D eigenvalue weighted by atomic mass is 28.4. The Hall–Kier alpha value is -3.45. The van der Waals surface area contributed by atoms with E-state index in [9.17, 15) is 0 Å². The lowest BCUT2D eigenvalue weighted by Gasteiger charge is -2.39. The Morgan fingerprint density at radius 3 is 1.20 bits per heavy atom. The molecular formula is C36H42O2Si2. The minimum atomic E-state index is -2.30. The highest BCUT2D eigenvalue weighted by molar-refractivity contribution is 6.75. The molecule has 0 unspecified atom stereocenters. The minimum absolute atomic E-state index is 0.0228. The molecule has 0 radical (unpaired) electrons. The first kappa shape index (κ1) is 29.5. The molecule has 0 aliphatic heterocycles. The lowest BCUT2D eigenvalue weighted by Crippen LogP contribution is -2.44. The number of terminal acetylenes is 2. The van der Waals surface area contributed by atoms with Crippen LogP contribution in [-0.2, 0) is 0 Å². The van der Waals surface area contributed by atoms with Gasteiger partial charge in [0, 0.05) is 11.1 Å². The van der Waals surface area contributed by atoms with E-state index in [0.717, 1.165) is 55.3 Å². The van der Waals surface area contributed by atoms with E-state index in [1.54, 1.807) is 0 Å². The minimum Gasteiger partial charge on any atom is -0.542 e. The maximum atomic E-state index is 7.16. The van der Waals surface area contributed by atoms with Crippen molar-refractivity contribution in [2.75, 3.05) is 0 Å². The van der Waals surface area contributed by atoms with E-state index < -0.39 is 16.6 Å². The molecule has 0 saturated carbocycles. The Kier molecular flexibility index (Phi) is 7.52. The standard InChI is InChI=1S/C36H42O2Si2/c1-13-25-23-27-19-15-17-21-29(27)31(33(25)37-39(9,10)35(3,4)5)32-30-22-18-16-20-28(30)24-26(14-2)34(32)38-40(11,12)36(6,7)8/h1-2,15-24H,3-12H3. The average Bonchev–Trinajstić information content (AvgIpc) is 2.86. The summed E-state index contributed by atoms with van der Waals surface area (Å²) in [6.07, 6.45) is 12.4. The summed E-state index contributed by atoms with van der Waals surface area (Å²) in [7, 11) is -4.59. The summed E-state index contributed by atoms with van der Waals surface area (Å²) in [5.74, 6) is 7.42. The summed E-state index contributed by atoms with van der Waals surface area (Å²) >= 11 is 0. The molecule has 0 heterocycles. The van der Waals surface area contributed by atoms with Gasteiger partial charge in [-0.1, -0.05) is 102 Å². The Labute approximate surface area is 243 Å². The molecule has 206 valence electrons. The van der Waals surface area contributed by atoms with Crippen molar-refractivity contribution in [1.29, 1.82) is 0 Å². The Bertz CT molecular complexity index is 1560. The normalized spacial score (nSPS) is 12.7. The fraction of sp³-hybridized carbons (Fsp3) is 0.333. The fourth-order valence-corrected chi connectivity index (χ4v) is 6.45. The number of hydrogen-bond acceptors (Lipinski definition) is 2. The van der Waals surface area contributed by atoms with Crippen LogP contribution in [0.4, 0.5) is 0 Å². The number of fused-ring (bicyclic) bond motifs is 2. The second-order valence-electron chi connectivity index (χ2n) is 13.7. The van der Waals surface area contributed by atoms with E-state index >= 15 is 0 Å². The van der Waals surface area contributed by atoms with Crippen LogP contribution < -0.4 is 8.85 Å².